The second-order valence-electron chi connectivity index (χ2n) is 8.68. The van der Waals surface area contributed by atoms with Crippen LogP contribution in [0.25, 0.3) is 22.6 Å². The smallest absolute Gasteiger partial charge is 0.276 e. The molecule has 3 N–H and O–H groups in total. The van der Waals surface area contributed by atoms with Gasteiger partial charge in [-0.1, -0.05) is 19.9 Å². The number of aromatic amines is 2. The number of aromatic nitrogens is 6. The summed E-state index contributed by atoms with van der Waals surface area (Å²) in [6.07, 6.45) is 2.42. The van der Waals surface area contributed by atoms with Crippen molar-refractivity contribution in [3.8, 4) is 23.4 Å². The molecule has 0 atom stereocenters. The molecule has 0 spiro atoms. The van der Waals surface area contributed by atoms with Gasteiger partial charge in [0.15, 0.2) is 11.3 Å². The Kier molecular flexibility index (Phi) is 5.61. The van der Waals surface area contributed by atoms with Crippen molar-refractivity contribution in [3.05, 3.63) is 78.6 Å². The van der Waals surface area contributed by atoms with Gasteiger partial charge in [0, 0.05) is 34.3 Å². The van der Waals surface area contributed by atoms with Crippen molar-refractivity contribution in [1.29, 1.82) is 10.5 Å². The molecule has 0 saturated carbocycles. The highest BCUT2D eigenvalue weighted by molar-refractivity contribution is 5.77. The highest BCUT2D eigenvalue weighted by atomic mass is 16.1. The highest BCUT2D eigenvalue weighted by Gasteiger charge is 2.20. The zero-order chi connectivity index (χ0) is 26.4. The molecule has 5 aromatic rings. The average Bonchev–Trinajstić information content (AvgIpc) is 3.46. The Morgan fingerprint density at radius 3 is 2.38 bits per heavy atom. The van der Waals surface area contributed by atoms with Crippen molar-refractivity contribution in [2.75, 3.05) is 5.32 Å². The van der Waals surface area contributed by atoms with Gasteiger partial charge >= 0.3 is 0 Å². The van der Waals surface area contributed by atoms with E-state index in [-0.39, 0.29) is 33.5 Å². The van der Waals surface area contributed by atoms with Gasteiger partial charge in [-0.15, -0.1) is 0 Å². The van der Waals surface area contributed by atoms with Crippen LogP contribution in [0.1, 0.15) is 47.4 Å². The molecule has 0 aliphatic heterocycles. The maximum absolute atomic E-state index is 13.2. The number of hydrogen-bond acceptors (Lipinski definition) is 7. The number of aryl methyl sites for hydroxylation is 2. The number of H-pyrrole nitrogens is 2. The SMILES string of the molecule is CCc1c(-c2cc(Nc3[nH]n4c(=O)c(CC)c(C)nc4c3C#N)ccc2C)nc2c(C#N)c[nH]n2c1=O. The monoisotopic (exact) mass is 493 g/mol. The standard InChI is InChI=1S/C26H23N9O2/c1-5-17-14(4)30-24-20(11-28)22(33-35(24)25(17)36)31-16-8-7-13(3)19(9-16)21-18(6-2)26(37)34-23(32-21)15(10-27)12-29-34/h7-9,12,29,31,33H,5-6H2,1-4H3. The highest BCUT2D eigenvalue weighted by Crippen LogP contribution is 2.30. The van der Waals surface area contributed by atoms with E-state index in [0.29, 0.717) is 52.4 Å². The molecular formula is C26H23N9O2. The van der Waals surface area contributed by atoms with E-state index < -0.39 is 0 Å². The number of nitrogens with zero attached hydrogens (tertiary/aromatic N) is 6. The molecule has 0 fully saturated rings. The lowest BCUT2D eigenvalue weighted by atomic mass is 9.99. The lowest BCUT2D eigenvalue weighted by molar-refractivity contribution is 0.856. The summed E-state index contributed by atoms with van der Waals surface area (Å²) in [6.45, 7) is 7.43. The van der Waals surface area contributed by atoms with Crippen molar-refractivity contribution >= 4 is 22.8 Å². The summed E-state index contributed by atoms with van der Waals surface area (Å²) in [4.78, 5) is 35.3. The van der Waals surface area contributed by atoms with Crippen LogP contribution in [0, 0.1) is 36.5 Å². The molecule has 5 rings (SSSR count). The molecule has 4 heterocycles. The van der Waals surface area contributed by atoms with Gasteiger partial charge < -0.3 is 5.32 Å². The lowest BCUT2D eigenvalue weighted by Crippen LogP contribution is -2.21. The van der Waals surface area contributed by atoms with E-state index in [2.05, 4.69) is 32.6 Å². The minimum absolute atomic E-state index is 0.211. The summed E-state index contributed by atoms with van der Waals surface area (Å²) < 4.78 is 2.56. The van der Waals surface area contributed by atoms with E-state index in [9.17, 15) is 20.1 Å². The summed E-state index contributed by atoms with van der Waals surface area (Å²) >= 11 is 0. The number of fused-ring (bicyclic) bond motifs is 2. The molecule has 0 aliphatic rings. The van der Waals surface area contributed by atoms with E-state index in [0.717, 1.165) is 5.56 Å². The van der Waals surface area contributed by atoms with Gasteiger partial charge in [-0.25, -0.2) is 14.5 Å². The van der Waals surface area contributed by atoms with Crippen molar-refractivity contribution < 1.29 is 0 Å². The normalized spacial score (nSPS) is 11.1. The van der Waals surface area contributed by atoms with E-state index in [1.807, 2.05) is 39.0 Å². The fourth-order valence-electron chi connectivity index (χ4n) is 4.59. The summed E-state index contributed by atoms with van der Waals surface area (Å²) in [5, 5.41) is 28.3. The van der Waals surface area contributed by atoms with Crippen molar-refractivity contribution in [2.24, 2.45) is 0 Å². The molecule has 1 aromatic carbocycles. The van der Waals surface area contributed by atoms with Crippen LogP contribution in [0.3, 0.4) is 0 Å². The molecule has 0 bridgehead atoms. The number of anilines is 2. The van der Waals surface area contributed by atoms with Crippen molar-refractivity contribution in [2.45, 2.75) is 40.5 Å². The Morgan fingerprint density at radius 1 is 0.973 bits per heavy atom. The molecule has 11 nitrogen and oxygen atoms in total. The third-order valence-corrected chi connectivity index (χ3v) is 6.54. The molecule has 37 heavy (non-hydrogen) atoms. The van der Waals surface area contributed by atoms with Gasteiger partial charge in [0.1, 0.15) is 29.1 Å². The molecule has 0 aliphatic carbocycles. The summed E-state index contributed by atoms with van der Waals surface area (Å²) in [5.74, 6) is 0.325. The van der Waals surface area contributed by atoms with Gasteiger partial charge in [-0.2, -0.15) is 15.0 Å². The Morgan fingerprint density at radius 2 is 1.70 bits per heavy atom. The van der Waals surface area contributed by atoms with Crippen LogP contribution in [-0.2, 0) is 12.8 Å². The number of nitriles is 2. The first-order chi connectivity index (χ1) is 17.8. The molecule has 0 saturated heterocycles. The first-order valence-electron chi connectivity index (χ1n) is 11.8. The van der Waals surface area contributed by atoms with Crippen LogP contribution < -0.4 is 16.4 Å². The Labute approximate surface area is 210 Å². The topological polar surface area (TPSA) is 160 Å². The quantitative estimate of drug-likeness (QED) is 0.339. The van der Waals surface area contributed by atoms with E-state index in [1.165, 1.54) is 15.2 Å². The molecular weight excluding hydrogens is 470 g/mol. The zero-order valence-electron chi connectivity index (χ0n) is 20.7. The van der Waals surface area contributed by atoms with Crippen LogP contribution >= 0.6 is 0 Å². The summed E-state index contributed by atoms with van der Waals surface area (Å²) in [5.41, 5.74) is 4.84. The minimum atomic E-state index is -0.267. The number of hydrogen-bond donors (Lipinski definition) is 3. The Balaban J connectivity index is 1.67. The van der Waals surface area contributed by atoms with Gasteiger partial charge in [0.05, 0.1) is 5.69 Å². The van der Waals surface area contributed by atoms with Crippen LogP contribution in [0.5, 0.6) is 0 Å². The molecule has 0 amide bonds. The lowest BCUT2D eigenvalue weighted by Gasteiger charge is -2.13. The largest absolute Gasteiger partial charge is 0.339 e. The minimum Gasteiger partial charge on any atom is -0.339 e. The summed E-state index contributed by atoms with van der Waals surface area (Å²) in [7, 11) is 0. The molecule has 11 heteroatoms. The zero-order valence-corrected chi connectivity index (χ0v) is 20.7. The fourth-order valence-corrected chi connectivity index (χ4v) is 4.59. The van der Waals surface area contributed by atoms with Gasteiger partial charge in [-0.05, 0) is 44.4 Å². The van der Waals surface area contributed by atoms with Crippen LogP contribution in [0.15, 0.2) is 34.0 Å². The second kappa shape index (κ2) is 8.81. The van der Waals surface area contributed by atoms with Crippen LogP contribution in [0.2, 0.25) is 0 Å². The molecule has 0 radical (unpaired) electrons. The molecule has 0 unspecified atom stereocenters. The van der Waals surface area contributed by atoms with Gasteiger partial charge in [0.25, 0.3) is 11.1 Å². The first kappa shape index (κ1) is 23.6. The van der Waals surface area contributed by atoms with E-state index in [4.69, 9.17) is 4.98 Å². The Hall–Kier alpha value is -5.16. The van der Waals surface area contributed by atoms with Crippen LogP contribution in [0.4, 0.5) is 11.5 Å². The van der Waals surface area contributed by atoms with Gasteiger partial charge in [0.2, 0.25) is 0 Å². The van der Waals surface area contributed by atoms with E-state index in [1.54, 1.807) is 6.92 Å². The van der Waals surface area contributed by atoms with Crippen molar-refractivity contribution in [3.63, 3.8) is 0 Å². The first-order valence-corrected chi connectivity index (χ1v) is 11.8. The van der Waals surface area contributed by atoms with E-state index >= 15 is 0 Å². The predicted octanol–water partition coefficient (Wildman–Crippen LogP) is 3.25. The maximum atomic E-state index is 13.2. The fraction of sp³-hybridized carbons (Fsp3) is 0.231. The predicted molar refractivity (Wildman–Crippen MR) is 138 cm³/mol. The van der Waals surface area contributed by atoms with Crippen molar-refractivity contribution in [1.82, 2.24) is 29.2 Å². The summed E-state index contributed by atoms with van der Waals surface area (Å²) in [6, 6.07) is 9.74. The number of rotatable bonds is 5. The second-order valence-corrected chi connectivity index (χ2v) is 8.68. The van der Waals surface area contributed by atoms with Crippen LogP contribution in [-0.4, -0.2) is 29.2 Å². The maximum Gasteiger partial charge on any atom is 0.276 e. The Bertz CT molecular complexity index is 1920. The third kappa shape index (κ3) is 3.56. The third-order valence-electron chi connectivity index (χ3n) is 6.54. The molecule has 184 valence electrons. The average molecular weight is 494 g/mol. The number of benzene rings is 1. The van der Waals surface area contributed by atoms with Gasteiger partial charge in [-0.3, -0.25) is 19.8 Å². The molecule has 4 aromatic heterocycles. The number of nitrogens with one attached hydrogen (secondary N) is 3.